The van der Waals surface area contributed by atoms with Gasteiger partial charge in [0.1, 0.15) is 6.10 Å². The van der Waals surface area contributed by atoms with Gasteiger partial charge in [0.2, 0.25) is 0 Å². The van der Waals surface area contributed by atoms with Crippen LogP contribution in [-0.4, -0.2) is 60.0 Å². The van der Waals surface area contributed by atoms with Crippen LogP contribution in [-0.2, 0) is 38.1 Å². The minimum absolute atomic E-state index is 0.114. The number of hydrogen-bond donors (Lipinski definition) is 1. The van der Waals surface area contributed by atoms with Crippen molar-refractivity contribution in [1.82, 2.24) is 0 Å². The van der Waals surface area contributed by atoms with Gasteiger partial charge in [0.25, 0.3) is 0 Å². The molecule has 9 heteroatoms. The summed E-state index contributed by atoms with van der Waals surface area (Å²) in [4.78, 5) is 48.3. The molecule has 172 valence electrons. The van der Waals surface area contributed by atoms with Gasteiger partial charge in [-0.2, -0.15) is 0 Å². The minimum atomic E-state index is -1.20. The van der Waals surface area contributed by atoms with Crippen molar-refractivity contribution in [3.05, 3.63) is 0 Å². The smallest absolute Gasteiger partial charge is 0.309 e. The number of carboxylic acids is 1. The predicted octanol–water partition coefficient (Wildman–Crippen LogP) is 2.63. The first kappa shape index (κ1) is 25.9. The van der Waals surface area contributed by atoms with E-state index in [4.69, 9.17) is 18.9 Å². The van der Waals surface area contributed by atoms with E-state index in [1.807, 2.05) is 13.8 Å². The molecule has 5 atom stereocenters. The number of carbonyl (C=O) groups excluding carboxylic acids is 3. The Morgan fingerprint density at radius 3 is 1.73 bits per heavy atom. The molecule has 0 aliphatic carbocycles. The molecule has 1 aliphatic heterocycles. The second-order valence-electron chi connectivity index (χ2n) is 7.34. The fourth-order valence-electron chi connectivity index (χ4n) is 3.33. The molecule has 1 saturated heterocycles. The normalized spacial score (nSPS) is 24.5. The van der Waals surface area contributed by atoms with Crippen molar-refractivity contribution in [2.75, 3.05) is 6.61 Å². The molecule has 0 bridgehead atoms. The van der Waals surface area contributed by atoms with E-state index >= 15 is 0 Å². The number of carboxylic acid groups (broad SMARTS) is 1. The van der Waals surface area contributed by atoms with E-state index in [9.17, 15) is 24.3 Å². The first-order valence-corrected chi connectivity index (χ1v) is 10.7. The maximum absolute atomic E-state index is 12.3. The lowest BCUT2D eigenvalue weighted by molar-refractivity contribution is -0.236. The number of carbonyl (C=O) groups is 4. The van der Waals surface area contributed by atoms with Crippen molar-refractivity contribution >= 4 is 23.9 Å². The highest BCUT2D eigenvalue weighted by Crippen LogP contribution is 2.31. The van der Waals surface area contributed by atoms with Gasteiger partial charge in [-0.25, -0.2) is 0 Å². The summed E-state index contributed by atoms with van der Waals surface area (Å²) in [7, 11) is 0. The summed E-state index contributed by atoms with van der Waals surface area (Å²) in [6.07, 6.45) is -2.09. The number of esters is 3. The molecule has 0 aromatic rings. The zero-order valence-electron chi connectivity index (χ0n) is 18.3. The van der Waals surface area contributed by atoms with E-state index in [2.05, 4.69) is 0 Å². The highest BCUT2D eigenvalue weighted by molar-refractivity contribution is 5.73. The SMILES string of the molecule is CCCC(=O)O[C@@H]1[C@H](OC(=O)CCC)C([C@@H](CC)C(=O)O)OC[C@H]1OC(=O)CCC. The van der Waals surface area contributed by atoms with Crippen LogP contribution >= 0.6 is 0 Å². The molecule has 1 unspecified atom stereocenters. The average molecular weight is 430 g/mol. The van der Waals surface area contributed by atoms with Crippen LogP contribution in [0.15, 0.2) is 0 Å². The zero-order valence-corrected chi connectivity index (χ0v) is 18.3. The van der Waals surface area contributed by atoms with E-state index in [-0.39, 0.29) is 32.3 Å². The van der Waals surface area contributed by atoms with Crippen LogP contribution in [0.5, 0.6) is 0 Å². The summed E-state index contributed by atoms with van der Waals surface area (Å²) in [5.74, 6) is -3.69. The maximum Gasteiger partial charge on any atom is 0.309 e. The van der Waals surface area contributed by atoms with Crippen molar-refractivity contribution in [2.45, 2.75) is 97.1 Å². The van der Waals surface area contributed by atoms with Crippen LogP contribution in [0.4, 0.5) is 0 Å². The monoisotopic (exact) mass is 430 g/mol. The Balaban J connectivity index is 3.25. The van der Waals surface area contributed by atoms with Crippen molar-refractivity contribution in [3.63, 3.8) is 0 Å². The highest BCUT2D eigenvalue weighted by atomic mass is 16.6. The Bertz CT molecular complexity index is 589. The van der Waals surface area contributed by atoms with Crippen molar-refractivity contribution in [1.29, 1.82) is 0 Å². The van der Waals surface area contributed by atoms with Crippen LogP contribution in [0.2, 0.25) is 0 Å². The van der Waals surface area contributed by atoms with Gasteiger partial charge in [0, 0.05) is 19.3 Å². The molecule has 1 heterocycles. The fourth-order valence-corrected chi connectivity index (χ4v) is 3.33. The third kappa shape index (κ3) is 7.59. The van der Waals surface area contributed by atoms with Crippen LogP contribution in [0.3, 0.4) is 0 Å². The molecule has 0 radical (unpaired) electrons. The van der Waals surface area contributed by atoms with Crippen molar-refractivity contribution in [2.24, 2.45) is 5.92 Å². The topological polar surface area (TPSA) is 125 Å². The number of rotatable bonds is 12. The predicted molar refractivity (Wildman–Crippen MR) is 106 cm³/mol. The largest absolute Gasteiger partial charge is 0.481 e. The molecule has 1 fully saturated rings. The van der Waals surface area contributed by atoms with E-state index in [0.717, 1.165) is 0 Å². The minimum Gasteiger partial charge on any atom is -0.481 e. The Kier molecular flexibility index (Phi) is 11.4. The highest BCUT2D eigenvalue weighted by Gasteiger charge is 2.51. The molecule has 0 spiro atoms. The molecular formula is C21H34O9. The number of hydrogen-bond acceptors (Lipinski definition) is 8. The van der Waals surface area contributed by atoms with Crippen LogP contribution in [0.25, 0.3) is 0 Å². The lowest BCUT2D eigenvalue weighted by Gasteiger charge is -2.42. The van der Waals surface area contributed by atoms with E-state index in [0.29, 0.717) is 19.3 Å². The Labute approximate surface area is 177 Å². The van der Waals surface area contributed by atoms with Gasteiger partial charge in [-0.15, -0.1) is 0 Å². The summed E-state index contributed by atoms with van der Waals surface area (Å²) < 4.78 is 22.3. The van der Waals surface area contributed by atoms with Gasteiger partial charge in [-0.05, 0) is 25.7 Å². The molecule has 0 amide bonds. The lowest BCUT2D eigenvalue weighted by atomic mass is 9.88. The average Bonchev–Trinajstić information content (AvgIpc) is 2.66. The Morgan fingerprint density at radius 1 is 0.833 bits per heavy atom. The summed E-state index contributed by atoms with van der Waals surface area (Å²) in [6.45, 7) is 6.95. The quantitative estimate of drug-likeness (QED) is 0.367. The van der Waals surface area contributed by atoms with Gasteiger partial charge < -0.3 is 24.1 Å². The van der Waals surface area contributed by atoms with E-state index < -0.39 is 54.2 Å². The summed E-state index contributed by atoms with van der Waals surface area (Å²) in [5.41, 5.74) is 0. The standard InChI is InChI=1S/C21H34O9/c1-5-9-15(22)28-14-12-27-18(13(8-4)21(25)26)20(30-17(24)11-7-3)19(14)29-16(23)10-6-2/h13-14,18-20H,5-12H2,1-4H3,(H,25,26)/t13-,14-,18?,19+,20-/m1/s1. The lowest BCUT2D eigenvalue weighted by Crippen LogP contribution is -2.60. The van der Waals surface area contributed by atoms with Crippen molar-refractivity contribution in [3.8, 4) is 0 Å². The number of ether oxygens (including phenoxy) is 4. The summed E-state index contributed by atoms with van der Waals surface area (Å²) in [6, 6.07) is 0. The molecule has 1 aliphatic rings. The van der Waals surface area contributed by atoms with Crippen molar-refractivity contribution < 1.29 is 43.2 Å². The molecule has 0 aromatic heterocycles. The molecule has 0 saturated carbocycles. The number of aliphatic carboxylic acids is 1. The van der Waals surface area contributed by atoms with Gasteiger partial charge in [-0.1, -0.05) is 27.7 Å². The molecular weight excluding hydrogens is 396 g/mol. The van der Waals surface area contributed by atoms with Gasteiger partial charge in [0.15, 0.2) is 18.3 Å². The fraction of sp³-hybridized carbons (Fsp3) is 0.810. The molecule has 1 rings (SSSR count). The third-order valence-electron chi connectivity index (χ3n) is 4.80. The van der Waals surface area contributed by atoms with Gasteiger partial charge in [-0.3, -0.25) is 19.2 Å². The first-order valence-electron chi connectivity index (χ1n) is 10.7. The maximum atomic E-state index is 12.3. The van der Waals surface area contributed by atoms with Crippen LogP contribution < -0.4 is 0 Å². The van der Waals surface area contributed by atoms with E-state index in [1.165, 1.54) is 0 Å². The second kappa shape index (κ2) is 13.2. The zero-order chi connectivity index (χ0) is 22.7. The van der Waals surface area contributed by atoms with Crippen LogP contribution in [0, 0.1) is 5.92 Å². The first-order chi connectivity index (χ1) is 14.3. The molecule has 1 N–H and O–H groups in total. The van der Waals surface area contributed by atoms with Gasteiger partial charge in [0.05, 0.1) is 12.5 Å². The van der Waals surface area contributed by atoms with E-state index in [1.54, 1.807) is 13.8 Å². The molecule has 30 heavy (non-hydrogen) atoms. The second-order valence-corrected chi connectivity index (χ2v) is 7.34. The Hall–Kier alpha value is -2.16. The van der Waals surface area contributed by atoms with Gasteiger partial charge >= 0.3 is 23.9 Å². The summed E-state index contributed by atoms with van der Waals surface area (Å²) >= 11 is 0. The Morgan fingerprint density at radius 2 is 1.30 bits per heavy atom. The third-order valence-corrected chi connectivity index (χ3v) is 4.80. The molecule has 0 aromatic carbocycles. The molecule has 9 nitrogen and oxygen atoms in total. The van der Waals surface area contributed by atoms with Crippen LogP contribution in [0.1, 0.15) is 72.6 Å². The summed E-state index contributed by atoms with van der Waals surface area (Å²) in [5, 5.41) is 9.60.